The maximum absolute atomic E-state index is 12.9. The SMILES string of the molecule is C[C@H](OC(=O)c1cccnc1SCC(=O)Nc1ccc2c(c1)OCO2)C(=O)Nc1nc(-c2ccccc2)cs1. The van der Waals surface area contributed by atoms with Crippen LogP contribution >= 0.6 is 23.1 Å². The normalized spacial score (nSPS) is 12.4. The Kier molecular flexibility index (Phi) is 8.04. The van der Waals surface area contributed by atoms with Crippen LogP contribution in [0.3, 0.4) is 0 Å². The molecule has 39 heavy (non-hydrogen) atoms. The van der Waals surface area contributed by atoms with Crippen LogP contribution in [0.5, 0.6) is 11.5 Å². The number of rotatable bonds is 9. The van der Waals surface area contributed by atoms with Crippen molar-refractivity contribution in [3.63, 3.8) is 0 Å². The van der Waals surface area contributed by atoms with Crippen LogP contribution in [0.2, 0.25) is 0 Å². The van der Waals surface area contributed by atoms with E-state index in [1.54, 1.807) is 24.3 Å². The van der Waals surface area contributed by atoms with Gasteiger partial charge in [0.2, 0.25) is 12.7 Å². The molecule has 2 N–H and O–H groups in total. The van der Waals surface area contributed by atoms with Gasteiger partial charge in [-0.25, -0.2) is 14.8 Å². The standard InChI is InChI=1S/C27H22N4O6S2/c1-16(24(33)31-27-30-20(13-39-27)17-6-3-2-4-7-17)37-26(34)19-8-5-11-28-25(19)38-14-23(32)29-18-9-10-21-22(12-18)36-15-35-21/h2-13,16H,14-15H2,1H3,(H,29,32)(H,30,31,33)/t16-/m0/s1. The third-order valence-electron chi connectivity index (χ3n) is 5.44. The third-order valence-corrected chi connectivity index (χ3v) is 7.21. The molecule has 1 aliphatic rings. The fourth-order valence-electron chi connectivity index (χ4n) is 3.52. The highest BCUT2D eigenvalue weighted by atomic mass is 32.2. The van der Waals surface area contributed by atoms with E-state index in [2.05, 4.69) is 20.6 Å². The van der Waals surface area contributed by atoms with Crippen molar-refractivity contribution < 1.29 is 28.6 Å². The minimum Gasteiger partial charge on any atom is -0.454 e. The molecular formula is C27H22N4O6S2. The molecule has 0 spiro atoms. The van der Waals surface area contributed by atoms with E-state index in [4.69, 9.17) is 14.2 Å². The molecule has 10 nitrogen and oxygen atoms in total. The van der Waals surface area contributed by atoms with Gasteiger partial charge in [-0.05, 0) is 31.2 Å². The predicted molar refractivity (Wildman–Crippen MR) is 147 cm³/mol. The van der Waals surface area contributed by atoms with Crippen molar-refractivity contribution in [1.82, 2.24) is 9.97 Å². The molecule has 198 valence electrons. The van der Waals surface area contributed by atoms with E-state index in [9.17, 15) is 14.4 Å². The number of carbonyl (C=O) groups is 3. The van der Waals surface area contributed by atoms with Crippen LogP contribution in [0.4, 0.5) is 10.8 Å². The van der Waals surface area contributed by atoms with Crippen LogP contribution in [0, 0.1) is 0 Å². The van der Waals surface area contributed by atoms with Crippen molar-refractivity contribution in [1.29, 1.82) is 0 Å². The Labute approximate surface area is 231 Å². The molecule has 0 fully saturated rings. The van der Waals surface area contributed by atoms with Crippen LogP contribution in [0.15, 0.2) is 77.3 Å². The lowest BCUT2D eigenvalue weighted by atomic mass is 10.2. The molecule has 5 rings (SSSR count). The summed E-state index contributed by atoms with van der Waals surface area (Å²) in [5.74, 6) is -0.373. The molecule has 2 aromatic carbocycles. The summed E-state index contributed by atoms with van der Waals surface area (Å²) in [5, 5.41) is 8.00. The number of anilines is 2. The third kappa shape index (κ3) is 6.54. The van der Waals surface area contributed by atoms with Crippen LogP contribution in [-0.2, 0) is 14.3 Å². The molecule has 0 unspecified atom stereocenters. The van der Waals surface area contributed by atoms with Gasteiger partial charge in [-0.15, -0.1) is 11.3 Å². The number of nitrogens with zero attached hydrogens (tertiary/aromatic N) is 2. The molecule has 0 saturated heterocycles. The summed E-state index contributed by atoms with van der Waals surface area (Å²) in [4.78, 5) is 46.7. The largest absolute Gasteiger partial charge is 0.454 e. The van der Waals surface area contributed by atoms with Gasteiger partial charge in [0, 0.05) is 28.9 Å². The number of thiazole rings is 1. The van der Waals surface area contributed by atoms with Crippen molar-refractivity contribution in [2.75, 3.05) is 23.2 Å². The molecule has 3 heterocycles. The van der Waals surface area contributed by atoms with Gasteiger partial charge in [-0.3, -0.25) is 14.9 Å². The first-order valence-corrected chi connectivity index (χ1v) is 13.6. The summed E-state index contributed by atoms with van der Waals surface area (Å²) in [6.45, 7) is 1.61. The molecule has 2 amide bonds. The predicted octanol–water partition coefficient (Wildman–Crippen LogP) is 4.85. The smallest absolute Gasteiger partial charge is 0.341 e. The first-order chi connectivity index (χ1) is 19.0. The van der Waals surface area contributed by atoms with Crippen LogP contribution < -0.4 is 20.1 Å². The van der Waals surface area contributed by atoms with E-state index >= 15 is 0 Å². The molecule has 4 aromatic rings. The molecule has 0 aliphatic carbocycles. The summed E-state index contributed by atoms with van der Waals surface area (Å²) in [6.07, 6.45) is 0.423. The van der Waals surface area contributed by atoms with Crippen molar-refractivity contribution in [2.24, 2.45) is 0 Å². The number of nitrogens with one attached hydrogen (secondary N) is 2. The summed E-state index contributed by atoms with van der Waals surface area (Å²) in [7, 11) is 0. The van der Waals surface area contributed by atoms with Gasteiger partial charge in [-0.1, -0.05) is 42.1 Å². The van der Waals surface area contributed by atoms with Gasteiger partial charge < -0.3 is 19.5 Å². The minimum absolute atomic E-state index is 0.00440. The summed E-state index contributed by atoms with van der Waals surface area (Å²) < 4.78 is 16.0. The molecule has 1 aliphatic heterocycles. The number of ether oxygens (including phenoxy) is 3. The van der Waals surface area contributed by atoms with Gasteiger partial charge in [0.1, 0.15) is 5.03 Å². The molecule has 2 aromatic heterocycles. The molecule has 12 heteroatoms. The zero-order valence-corrected chi connectivity index (χ0v) is 22.2. The number of hydrogen-bond acceptors (Lipinski definition) is 10. The molecule has 1 atom stereocenters. The average Bonchev–Trinajstić information content (AvgIpc) is 3.62. The van der Waals surface area contributed by atoms with E-state index in [0.717, 1.165) is 23.0 Å². The Hall–Kier alpha value is -4.42. The number of hydrogen-bond donors (Lipinski definition) is 2. The van der Waals surface area contributed by atoms with Crippen molar-refractivity contribution >= 4 is 51.7 Å². The summed E-state index contributed by atoms with van der Waals surface area (Å²) in [5.41, 5.74) is 2.38. The second-order valence-electron chi connectivity index (χ2n) is 8.20. The zero-order valence-electron chi connectivity index (χ0n) is 20.6. The highest BCUT2D eigenvalue weighted by Gasteiger charge is 2.23. The number of carbonyl (C=O) groups excluding carboxylic acids is 3. The van der Waals surface area contributed by atoms with Crippen molar-refractivity contribution in [3.05, 3.63) is 77.8 Å². The number of amides is 2. The fraction of sp³-hybridized carbons (Fsp3) is 0.148. The lowest BCUT2D eigenvalue weighted by molar-refractivity contribution is -0.123. The lowest BCUT2D eigenvalue weighted by Gasteiger charge is -2.13. The number of esters is 1. The number of pyridine rings is 1. The first kappa shape index (κ1) is 26.2. The highest BCUT2D eigenvalue weighted by molar-refractivity contribution is 8.00. The van der Waals surface area contributed by atoms with Crippen molar-refractivity contribution in [2.45, 2.75) is 18.1 Å². The zero-order chi connectivity index (χ0) is 27.2. The van der Waals surface area contributed by atoms with Gasteiger partial charge >= 0.3 is 5.97 Å². The second kappa shape index (κ2) is 12.0. The van der Waals surface area contributed by atoms with Crippen LogP contribution in [0.25, 0.3) is 11.3 Å². The Morgan fingerprint density at radius 3 is 2.72 bits per heavy atom. The molecule has 0 radical (unpaired) electrons. The number of thioether (sulfide) groups is 1. The van der Waals surface area contributed by atoms with E-state index in [1.165, 1.54) is 30.5 Å². The Bertz CT molecular complexity index is 1510. The topological polar surface area (TPSA) is 129 Å². The fourth-order valence-corrected chi connectivity index (χ4v) is 5.03. The van der Waals surface area contributed by atoms with E-state index in [-0.39, 0.29) is 24.0 Å². The van der Waals surface area contributed by atoms with E-state index in [0.29, 0.717) is 27.3 Å². The van der Waals surface area contributed by atoms with Crippen LogP contribution in [-0.4, -0.2) is 46.4 Å². The number of aromatic nitrogens is 2. The maximum Gasteiger partial charge on any atom is 0.341 e. The second-order valence-corrected chi connectivity index (χ2v) is 10.0. The van der Waals surface area contributed by atoms with E-state index < -0.39 is 18.0 Å². The monoisotopic (exact) mass is 562 g/mol. The van der Waals surface area contributed by atoms with Gasteiger partial charge in [0.15, 0.2) is 22.7 Å². The molecule has 0 bridgehead atoms. The molecular weight excluding hydrogens is 540 g/mol. The average molecular weight is 563 g/mol. The Morgan fingerprint density at radius 1 is 1.05 bits per heavy atom. The minimum atomic E-state index is -1.09. The van der Waals surface area contributed by atoms with Gasteiger partial charge in [-0.2, -0.15) is 0 Å². The van der Waals surface area contributed by atoms with Gasteiger partial charge in [0.05, 0.1) is 17.0 Å². The lowest BCUT2D eigenvalue weighted by Crippen LogP contribution is -2.30. The van der Waals surface area contributed by atoms with E-state index in [1.807, 2.05) is 35.7 Å². The molecule has 0 saturated carbocycles. The van der Waals surface area contributed by atoms with Crippen LogP contribution in [0.1, 0.15) is 17.3 Å². The first-order valence-electron chi connectivity index (χ1n) is 11.8. The quantitative estimate of drug-likeness (QED) is 0.217. The van der Waals surface area contributed by atoms with Crippen molar-refractivity contribution in [3.8, 4) is 22.8 Å². The number of fused-ring (bicyclic) bond motifs is 1. The Morgan fingerprint density at radius 2 is 1.87 bits per heavy atom. The van der Waals surface area contributed by atoms with Gasteiger partial charge in [0.25, 0.3) is 5.91 Å². The highest BCUT2D eigenvalue weighted by Crippen LogP contribution is 2.34. The Balaban J connectivity index is 1.15. The summed E-state index contributed by atoms with van der Waals surface area (Å²) >= 11 is 2.35. The maximum atomic E-state index is 12.9. The number of benzene rings is 2. The summed E-state index contributed by atoms with van der Waals surface area (Å²) in [6, 6.07) is 17.8.